The molecule has 1 aliphatic heterocycles. The lowest BCUT2D eigenvalue weighted by molar-refractivity contribution is -0.136. The third kappa shape index (κ3) is 4.48. The molecule has 7 heteroatoms. The van der Waals surface area contributed by atoms with E-state index in [9.17, 15) is 18.0 Å². The van der Waals surface area contributed by atoms with Crippen LogP contribution in [0.2, 0.25) is 0 Å². The zero-order valence-electron chi connectivity index (χ0n) is 7.97. The van der Waals surface area contributed by atoms with E-state index in [4.69, 9.17) is 5.11 Å². The molecule has 2 atom stereocenters. The van der Waals surface area contributed by atoms with Gasteiger partial charge in [-0.3, -0.25) is 4.79 Å². The Morgan fingerprint density at radius 2 is 2.20 bits per heavy atom. The van der Waals surface area contributed by atoms with Crippen molar-refractivity contribution in [3.8, 4) is 0 Å². The van der Waals surface area contributed by atoms with Gasteiger partial charge in [-0.25, -0.2) is 0 Å². The number of hydrogen-bond donors (Lipinski definition) is 3. The fourth-order valence-electron chi connectivity index (χ4n) is 1.37. The lowest BCUT2D eigenvalue weighted by Gasteiger charge is -2.11. The zero-order valence-corrected chi connectivity index (χ0v) is 7.97. The smallest absolute Gasteiger partial charge is 0.390 e. The molecule has 0 radical (unpaired) electrons. The first-order chi connectivity index (χ1) is 6.88. The maximum Gasteiger partial charge on any atom is 0.390 e. The van der Waals surface area contributed by atoms with Gasteiger partial charge in [-0.15, -0.1) is 0 Å². The van der Waals surface area contributed by atoms with Crippen molar-refractivity contribution in [3.63, 3.8) is 0 Å². The van der Waals surface area contributed by atoms with Crippen LogP contribution in [0.25, 0.3) is 0 Å². The number of β-amino-alcohol motifs (C(OH)–C–C–N with tert-alkyl or cyclic N) is 1. The van der Waals surface area contributed by atoms with E-state index in [-0.39, 0.29) is 6.42 Å². The molecule has 0 saturated carbocycles. The quantitative estimate of drug-likeness (QED) is 0.623. The van der Waals surface area contributed by atoms with Crippen molar-refractivity contribution in [2.24, 2.45) is 0 Å². The SMILES string of the molecule is O=C(NCCC(F)(F)F)C1CC(O)CN1. The second-order valence-electron chi connectivity index (χ2n) is 3.51. The van der Waals surface area contributed by atoms with Crippen LogP contribution in [0.1, 0.15) is 12.8 Å². The summed E-state index contributed by atoms with van der Waals surface area (Å²) in [5.74, 6) is -0.490. The van der Waals surface area contributed by atoms with Gasteiger partial charge in [0.05, 0.1) is 18.6 Å². The molecule has 2 unspecified atom stereocenters. The van der Waals surface area contributed by atoms with Crippen LogP contribution in [-0.2, 0) is 4.79 Å². The van der Waals surface area contributed by atoms with E-state index >= 15 is 0 Å². The van der Waals surface area contributed by atoms with Gasteiger partial charge in [-0.2, -0.15) is 13.2 Å². The van der Waals surface area contributed by atoms with Gasteiger partial charge in [0.15, 0.2) is 0 Å². The molecule has 15 heavy (non-hydrogen) atoms. The standard InChI is InChI=1S/C8H13F3N2O2/c9-8(10,11)1-2-12-7(15)6-3-5(14)4-13-6/h5-6,13-14H,1-4H2,(H,12,15). The largest absolute Gasteiger partial charge is 0.392 e. The van der Waals surface area contributed by atoms with Crippen LogP contribution in [0.4, 0.5) is 13.2 Å². The number of carbonyl (C=O) groups excluding carboxylic acids is 1. The highest BCUT2D eigenvalue weighted by molar-refractivity contribution is 5.82. The van der Waals surface area contributed by atoms with E-state index < -0.39 is 37.2 Å². The van der Waals surface area contributed by atoms with Crippen LogP contribution >= 0.6 is 0 Å². The highest BCUT2D eigenvalue weighted by Crippen LogP contribution is 2.18. The zero-order chi connectivity index (χ0) is 11.5. The Morgan fingerprint density at radius 3 is 2.67 bits per heavy atom. The van der Waals surface area contributed by atoms with E-state index in [1.165, 1.54) is 0 Å². The molecule has 3 N–H and O–H groups in total. The topological polar surface area (TPSA) is 61.4 Å². The average Bonchev–Trinajstić information content (AvgIpc) is 2.49. The summed E-state index contributed by atoms with van der Waals surface area (Å²) in [5.41, 5.74) is 0. The highest BCUT2D eigenvalue weighted by Gasteiger charge is 2.30. The summed E-state index contributed by atoms with van der Waals surface area (Å²) in [5, 5.41) is 14.0. The van der Waals surface area contributed by atoms with Gasteiger partial charge in [0, 0.05) is 13.1 Å². The number of nitrogens with one attached hydrogen (secondary N) is 2. The number of aliphatic hydroxyl groups is 1. The maximum atomic E-state index is 11.7. The lowest BCUT2D eigenvalue weighted by Crippen LogP contribution is -2.41. The molecular formula is C8H13F3N2O2. The summed E-state index contributed by atoms with van der Waals surface area (Å²) in [6, 6.07) is -0.576. The molecule has 1 fully saturated rings. The molecule has 4 nitrogen and oxygen atoms in total. The predicted octanol–water partition coefficient (Wildman–Crippen LogP) is -0.222. The van der Waals surface area contributed by atoms with E-state index in [0.717, 1.165) is 0 Å². The van der Waals surface area contributed by atoms with E-state index in [1.54, 1.807) is 0 Å². The van der Waals surface area contributed by atoms with Crippen LogP contribution in [0.3, 0.4) is 0 Å². The molecule has 0 aromatic rings. The monoisotopic (exact) mass is 226 g/mol. The Labute approximate surface area is 84.8 Å². The van der Waals surface area contributed by atoms with Gasteiger partial charge in [0.1, 0.15) is 0 Å². The molecule has 1 rings (SSSR count). The minimum atomic E-state index is -4.25. The van der Waals surface area contributed by atoms with E-state index in [0.29, 0.717) is 6.54 Å². The predicted molar refractivity (Wildman–Crippen MR) is 46.1 cm³/mol. The summed E-state index contributed by atoms with van der Waals surface area (Å²) in [7, 11) is 0. The first kappa shape index (κ1) is 12.3. The van der Waals surface area contributed by atoms with E-state index in [2.05, 4.69) is 10.6 Å². The minimum absolute atomic E-state index is 0.248. The fraction of sp³-hybridized carbons (Fsp3) is 0.875. The van der Waals surface area contributed by atoms with Crippen molar-refractivity contribution < 1.29 is 23.1 Å². The summed E-state index contributed by atoms with van der Waals surface area (Å²) in [6.07, 6.45) is -5.63. The van der Waals surface area contributed by atoms with E-state index in [1.807, 2.05) is 0 Å². The fourth-order valence-corrected chi connectivity index (χ4v) is 1.37. The van der Waals surface area contributed by atoms with Gasteiger partial charge < -0.3 is 15.7 Å². The molecule has 1 aliphatic rings. The summed E-state index contributed by atoms with van der Waals surface area (Å²) < 4.78 is 35.2. The van der Waals surface area contributed by atoms with Gasteiger partial charge in [0.25, 0.3) is 0 Å². The first-order valence-electron chi connectivity index (χ1n) is 4.64. The van der Waals surface area contributed by atoms with Gasteiger partial charge in [0.2, 0.25) is 5.91 Å². The molecule has 0 aliphatic carbocycles. The van der Waals surface area contributed by atoms with Crippen LogP contribution in [0.15, 0.2) is 0 Å². The molecule has 88 valence electrons. The summed E-state index contributed by atoms with van der Waals surface area (Å²) in [4.78, 5) is 11.2. The molecule has 0 bridgehead atoms. The molecule has 1 heterocycles. The second-order valence-corrected chi connectivity index (χ2v) is 3.51. The lowest BCUT2D eigenvalue weighted by atomic mass is 10.2. The molecule has 0 aromatic carbocycles. The average molecular weight is 226 g/mol. The van der Waals surface area contributed by atoms with Gasteiger partial charge in [-0.05, 0) is 6.42 Å². The van der Waals surface area contributed by atoms with Crippen molar-refractivity contribution in [1.29, 1.82) is 0 Å². The normalized spacial score (nSPS) is 26.7. The Balaban J connectivity index is 2.19. The van der Waals surface area contributed by atoms with Gasteiger partial charge in [-0.1, -0.05) is 0 Å². The Bertz CT molecular complexity index is 232. The highest BCUT2D eigenvalue weighted by atomic mass is 19.4. The number of hydrogen-bond acceptors (Lipinski definition) is 3. The number of amides is 1. The molecule has 0 aromatic heterocycles. The molecule has 1 saturated heterocycles. The summed E-state index contributed by atoms with van der Waals surface area (Å²) >= 11 is 0. The van der Waals surface area contributed by atoms with Crippen molar-refractivity contribution in [3.05, 3.63) is 0 Å². The molecule has 1 amide bonds. The van der Waals surface area contributed by atoms with Crippen LogP contribution in [0, 0.1) is 0 Å². The third-order valence-electron chi connectivity index (χ3n) is 2.13. The number of aliphatic hydroxyl groups excluding tert-OH is 1. The minimum Gasteiger partial charge on any atom is -0.392 e. The summed E-state index contributed by atoms with van der Waals surface area (Å²) in [6.45, 7) is -0.117. The van der Waals surface area contributed by atoms with Crippen molar-refractivity contribution in [2.45, 2.75) is 31.2 Å². The first-order valence-corrected chi connectivity index (χ1v) is 4.64. The Hall–Kier alpha value is -0.820. The maximum absolute atomic E-state index is 11.7. The third-order valence-corrected chi connectivity index (χ3v) is 2.13. The van der Waals surface area contributed by atoms with Crippen molar-refractivity contribution in [1.82, 2.24) is 10.6 Å². The van der Waals surface area contributed by atoms with Gasteiger partial charge >= 0.3 is 6.18 Å². The number of halogens is 3. The van der Waals surface area contributed by atoms with Crippen molar-refractivity contribution in [2.75, 3.05) is 13.1 Å². The van der Waals surface area contributed by atoms with Crippen LogP contribution in [-0.4, -0.2) is 42.4 Å². The Morgan fingerprint density at radius 1 is 1.53 bits per heavy atom. The Kier molecular flexibility index (Phi) is 3.92. The second kappa shape index (κ2) is 4.80. The van der Waals surface area contributed by atoms with Crippen molar-refractivity contribution >= 4 is 5.91 Å². The van der Waals surface area contributed by atoms with Crippen LogP contribution in [0.5, 0.6) is 0 Å². The number of alkyl halides is 3. The molecular weight excluding hydrogens is 213 g/mol. The number of carbonyl (C=O) groups is 1. The number of rotatable bonds is 3. The molecule has 0 spiro atoms. The van der Waals surface area contributed by atoms with Crippen LogP contribution < -0.4 is 10.6 Å².